The molecule has 1 aromatic carbocycles. The van der Waals surface area contributed by atoms with Crippen LogP contribution in [0.3, 0.4) is 0 Å². The molecule has 44 heavy (non-hydrogen) atoms. The first-order chi connectivity index (χ1) is 20.5. The second-order valence-corrected chi connectivity index (χ2v) is 9.63. The van der Waals surface area contributed by atoms with Crippen molar-refractivity contribution in [2.75, 3.05) is 11.9 Å². The van der Waals surface area contributed by atoms with Gasteiger partial charge in [0.05, 0.1) is 47.6 Å². The summed E-state index contributed by atoms with van der Waals surface area (Å²) in [5.41, 5.74) is -5.83. The van der Waals surface area contributed by atoms with E-state index < -0.39 is 84.2 Å². The number of halogens is 9. The predicted molar refractivity (Wildman–Crippen MR) is 137 cm³/mol. The summed E-state index contributed by atoms with van der Waals surface area (Å²) in [6.45, 7) is -4.42. The van der Waals surface area contributed by atoms with E-state index in [4.69, 9.17) is 0 Å². The van der Waals surface area contributed by atoms with Gasteiger partial charge < -0.3 is 14.6 Å². The van der Waals surface area contributed by atoms with Gasteiger partial charge in [-0.15, -0.1) is 0 Å². The smallest absolute Gasteiger partial charge is 0.378 e. The van der Waals surface area contributed by atoms with Gasteiger partial charge in [-0.3, -0.25) is 9.59 Å². The third-order valence-electron chi connectivity index (χ3n) is 6.32. The number of anilines is 1. The number of H-pyrrole nitrogens is 1. The Balaban J connectivity index is 1.57. The van der Waals surface area contributed by atoms with E-state index in [0.717, 1.165) is 29.2 Å². The zero-order chi connectivity index (χ0) is 32.4. The minimum Gasteiger partial charge on any atom is -0.378 e. The maximum Gasteiger partial charge on any atom is 0.423 e. The van der Waals surface area contributed by atoms with Crippen LogP contribution in [0.4, 0.5) is 45.2 Å². The monoisotopic (exact) mass is 636 g/mol. The first kappa shape index (κ1) is 32.4. The average molecular weight is 636 g/mol. The van der Waals surface area contributed by atoms with Crippen LogP contribution >= 0.6 is 0 Å². The molecule has 0 saturated heterocycles. The van der Waals surface area contributed by atoms with Crippen molar-refractivity contribution in [1.82, 2.24) is 24.7 Å². The van der Waals surface area contributed by atoms with Crippen molar-refractivity contribution in [2.24, 2.45) is 0 Å². The highest BCUT2D eigenvalue weighted by Gasteiger charge is 2.38. The quantitative estimate of drug-likeness (QED) is 0.216. The van der Waals surface area contributed by atoms with E-state index in [1.54, 1.807) is 5.10 Å². The number of benzene rings is 1. The number of aromatic nitrogens is 5. The highest BCUT2D eigenvalue weighted by atomic mass is 19.4. The second-order valence-electron chi connectivity index (χ2n) is 9.63. The first-order valence-electron chi connectivity index (χ1n) is 12.5. The molecule has 0 aliphatic carbocycles. The first-order valence-corrected chi connectivity index (χ1v) is 12.5. The molecule has 0 bridgehead atoms. The molecule has 2 atom stereocenters. The van der Waals surface area contributed by atoms with Crippen molar-refractivity contribution in [2.45, 2.75) is 50.8 Å². The van der Waals surface area contributed by atoms with E-state index in [2.05, 4.69) is 25.1 Å². The normalized spacial score (nSPS) is 13.8. The summed E-state index contributed by atoms with van der Waals surface area (Å²) < 4.78 is 128. The third kappa shape index (κ3) is 7.53. The maximum atomic E-state index is 15.1. The molecule has 236 valence electrons. The third-order valence-corrected chi connectivity index (χ3v) is 6.32. The Hall–Kier alpha value is -4.48. The van der Waals surface area contributed by atoms with Crippen LogP contribution in [0.2, 0.25) is 0 Å². The average Bonchev–Trinajstić information content (AvgIpc) is 2.92. The highest BCUT2D eigenvalue weighted by Crippen LogP contribution is 2.32. The summed E-state index contributed by atoms with van der Waals surface area (Å²) in [6, 6.07) is 1.78. The van der Waals surface area contributed by atoms with Crippen LogP contribution in [0.5, 0.6) is 0 Å². The Labute approximate surface area is 240 Å². The zero-order valence-corrected chi connectivity index (χ0v) is 22.3. The molecule has 18 heteroatoms. The Morgan fingerprint density at radius 1 is 1.05 bits per heavy atom. The van der Waals surface area contributed by atoms with E-state index in [-0.39, 0.29) is 22.2 Å². The van der Waals surface area contributed by atoms with Gasteiger partial charge in [-0.1, -0.05) is 0 Å². The van der Waals surface area contributed by atoms with E-state index in [9.17, 15) is 44.7 Å². The summed E-state index contributed by atoms with van der Waals surface area (Å²) in [4.78, 5) is 32.2. The molecule has 0 saturated carbocycles. The molecule has 4 rings (SSSR count). The fraction of sp³-hybridized carbons (Fsp3) is 0.346. The van der Waals surface area contributed by atoms with Crippen LogP contribution in [0.1, 0.15) is 24.5 Å². The Kier molecular flexibility index (Phi) is 9.31. The Morgan fingerprint density at radius 2 is 1.73 bits per heavy atom. The minimum atomic E-state index is -5.17. The van der Waals surface area contributed by atoms with Crippen LogP contribution in [0.25, 0.3) is 22.2 Å². The number of fused-ring (bicyclic) bond motifs is 1. The van der Waals surface area contributed by atoms with E-state index in [0.29, 0.717) is 13.1 Å². The lowest BCUT2D eigenvalue weighted by atomic mass is 10.1. The van der Waals surface area contributed by atoms with Gasteiger partial charge in [-0.05, 0) is 23.6 Å². The summed E-state index contributed by atoms with van der Waals surface area (Å²) in [6.07, 6.45) is -4.61. The fourth-order valence-electron chi connectivity index (χ4n) is 4.28. The highest BCUT2D eigenvalue weighted by molar-refractivity contribution is 5.86. The molecule has 0 aliphatic heterocycles. The molecule has 0 spiro atoms. The Bertz CT molecular complexity index is 1740. The standard InChI is InChI=1S/C26H21F9N6O3/c1-25(31,32)13-7-36-21(37-8-13)17-4-12-2-3-41(23(43)16(12)6-18(17)28)10-14(27)5-15(11-44-24(29)30)39-19-9-38-40-22(42)20(19)26(33,34)35/h2-4,6-9,14-15,24H,5,10-11H2,1H3,(H2,39,40,42). The topological polar surface area (TPSA) is 115 Å². The van der Waals surface area contributed by atoms with E-state index in [1.165, 1.54) is 12.1 Å². The number of aromatic amines is 1. The minimum absolute atomic E-state index is 0.165. The number of nitrogens with zero attached hydrogens (tertiary/aromatic N) is 4. The van der Waals surface area contributed by atoms with Crippen LogP contribution in [-0.2, 0) is 23.4 Å². The molecule has 9 nitrogen and oxygen atoms in total. The number of hydrogen-bond donors (Lipinski definition) is 2. The van der Waals surface area contributed by atoms with Crippen molar-refractivity contribution in [3.63, 3.8) is 0 Å². The second kappa shape index (κ2) is 12.6. The van der Waals surface area contributed by atoms with Gasteiger partial charge in [0, 0.05) is 31.9 Å². The van der Waals surface area contributed by atoms with Gasteiger partial charge in [0.25, 0.3) is 17.0 Å². The molecule has 4 aromatic rings. The van der Waals surface area contributed by atoms with Gasteiger partial charge in [0.15, 0.2) is 5.82 Å². The number of ether oxygens (including phenoxy) is 1. The van der Waals surface area contributed by atoms with Crippen LogP contribution in [0.15, 0.2) is 52.6 Å². The van der Waals surface area contributed by atoms with Gasteiger partial charge >= 0.3 is 12.8 Å². The molecule has 0 aliphatic rings. The van der Waals surface area contributed by atoms with E-state index in [1.807, 2.05) is 0 Å². The number of rotatable bonds is 11. The summed E-state index contributed by atoms with van der Waals surface area (Å²) in [7, 11) is 0. The summed E-state index contributed by atoms with van der Waals surface area (Å²) in [5, 5.41) is 6.96. The molecule has 2 N–H and O–H groups in total. The lowest BCUT2D eigenvalue weighted by molar-refractivity contribution is -0.138. The molecule has 0 amide bonds. The largest absolute Gasteiger partial charge is 0.423 e. The van der Waals surface area contributed by atoms with Gasteiger partial charge in [-0.25, -0.2) is 32.6 Å². The molecular formula is C26H21F9N6O3. The SMILES string of the molecule is CC(F)(F)c1cnc(-c2cc3ccn(CC(F)CC(COC(F)F)Nc4cn[nH]c(=O)c4C(F)(F)F)c(=O)c3cc2F)nc1. The lowest BCUT2D eigenvalue weighted by Crippen LogP contribution is -2.35. The Morgan fingerprint density at radius 3 is 2.34 bits per heavy atom. The van der Waals surface area contributed by atoms with Crippen LogP contribution < -0.4 is 16.4 Å². The van der Waals surface area contributed by atoms with Crippen LogP contribution in [0, 0.1) is 5.82 Å². The van der Waals surface area contributed by atoms with Crippen LogP contribution in [-0.4, -0.2) is 50.2 Å². The number of nitrogens with one attached hydrogen (secondary N) is 2. The lowest BCUT2D eigenvalue weighted by Gasteiger charge is -2.23. The number of pyridine rings is 1. The molecule has 2 unspecified atom stereocenters. The van der Waals surface area contributed by atoms with Crippen molar-refractivity contribution in [1.29, 1.82) is 0 Å². The summed E-state index contributed by atoms with van der Waals surface area (Å²) >= 11 is 0. The zero-order valence-electron chi connectivity index (χ0n) is 22.3. The van der Waals surface area contributed by atoms with Gasteiger partial charge in [0.2, 0.25) is 0 Å². The molecular weight excluding hydrogens is 615 g/mol. The predicted octanol–water partition coefficient (Wildman–Crippen LogP) is 5.26. The number of hydrogen-bond acceptors (Lipinski definition) is 7. The molecule has 0 fully saturated rings. The fourth-order valence-corrected chi connectivity index (χ4v) is 4.28. The molecule has 3 heterocycles. The van der Waals surface area contributed by atoms with E-state index >= 15 is 4.39 Å². The summed E-state index contributed by atoms with van der Waals surface area (Å²) in [5.74, 6) is -4.45. The van der Waals surface area contributed by atoms with Crippen molar-refractivity contribution in [3.8, 4) is 11.4 Å². The molecule has 0 radical (unpaired) electrons. The van der Waals surface area contributed by atoms with Crippen molar-refractivity contribution in [3.05, 3.63) is 80.6 Å². The van der Waals surface area contributed by atoms with Gasteiger partial charge in [0.1, 0.15) is 17.6 Å². The van der Waals surface area contributed by atoms with Crippen molar-refractivity contribution >= 4 is 16.5 Å². The number of alkyl halides is 8. The van der Waals surface area contributed by atoms with Crippen molar-refractivity contribution < 1.29 is 44.3 Å². The molecule has 3 aromatic heterocycles. The maximum absolute atomic E-state index is 15.1. The van der Waals surface area contributed by atoms with Gasteiger partial charge in [-0.2, -0.15) is 27.1 Å².